The topological polar surface area (TPSA) is 282 Å². The molecule has 0 radical (unpaired) electrons. The Bertz CT molecular complexity index is 2280. The molecule has 1 saturated heterocycles. The Morgan fingerprint density at radius 1 is 0.640 bits per heavy atom. The molecule has 514 valence electrons. The number of aromatic nitrogens is 2. The van der Waals surface area contributed by atoms with E-state index in [1.807, 2.05) is 0 Å². The predicted octanol–water partition coefficient (Wildman–Crippen LogP) is 15.0. The summed E-state index contributed by atoms with van der Waals surface area (Å²) in [4.78, 5) is 103. The van der Waals surface area contributed by atoms with Gasteiger partial charge in [0, 0.05) is 32.0 Å². The Kier molecular flexibility index (Phi) is 41.1. The van der Waals surface area contributed by atoms with Crippen LogP contribution in [0.2, 0.25) is 0 Å². The molecule has 0 saturated carbocycles. The highest BCUT2D eigenvalue weighted by Gasteiger charge is 2.63. The zero-order valence-corrected chi connectivity index (χ0v) is 55.9. The number of ether oxygens (including phenoxy) is 7. The van der Waals surface area contributed by atoms with Crippen LogP contribution in [-0.4, -0.2) is 119 Å². The van der Waals surface area contributed by atoms with E-state index in [1.54, 1.807) is 20.8 Å². The molecule has 2 amide bonds. The van der Waals surface area contributed by atoms with Gasteiger partial charge < -0.3 is 43.4 Å². The number of halogens is 2. The zero-order valence-electron chi connectivity index (χ0n) is 55.0. The quantitative estimate of drug-likeness (QED) is 0.0236. The molecule has 0 spiro atoms. The minimum Gasteiger partial charge on any atom is -0.463 e. The molecule has 2 unspecified atom stereocenters. The first-order valence-electron chi connectivity index (χ1n) is 33.2. The van der Waals surface area contributed by atoms with Crippen molar-refractivity contribution in [3.05, 3.63) is 22.7 Å². The molecule has 25 heteroatoms. The second kappa shape index (κ2) is 45.5. The number of amides is 2. The van der Waals surface area contributed by atoms with Gasteiger partial charge in [-0.2, -0.15) is 13.8 Å². The Hall–Kier alpha value is -4.77. The van der Waals surface area contributed by atoms with Crippen LogP contribution < -0.4 is 16.3 Å². The van der Waals surface area contributed by atoms with Gasteiger partial charge in [0.05, 0.1) is 19.6 Å². The average Bonchev–Trinajstić information content (AvgIpc) is 2.20. The molecule has 2 heterocycles. The first-order valence-corrected chi connectivity index (χ1v) is 34.7. The standard InChI is InChI=1S/C64H111F2N4O18P/c1-9-11-13-15-17-19-21-23-25-27-29-31-33-35-37-39-54(72)80-47-50(84-56(74)40-38-36-34-32-30-28-26-24-22-20-18-16-14-12-10-2)48-83-89(78,79)82-46-44-67-53(71)41-42-55(73)81-49-51-57(86-61(77)88-63(6,7)8)64(65,66)58(85-51)70-45-43-52(68-59(70)75)69-60(76)87-62(3,4)5/h43,45,50-51,57-58H,9-42,44,46-49H2,1-8H3,(H,67,71)(H,78,79)(H,68,69,75,76)/t50-,51-,57?,58-/m1/s1. The maximum atomic E-state index is 16.1. The van der Waals surface area contributed by atoms with Crippen molar-refractivity contribution in [2.45, 2.75) is 315 Å². The first kappa shape index (κ1) is 80.3. The highest BCUT2D eigenvalue weighted by Crippen LogP contribution is 2.45. The second-order valence-corrected chi connectivity index (χ2v) is 26.6. The molecule has 0 bridgehead atoms. The van der Waals surface area contributed by atoms with E-state index in [0.29, 0.717) is 17.4 Å². The molecule has 3 N–H and O–H groups in total. The number of unbranched alkanes of at least 4 members (excludes halogenated alkanes) is 28. The SMILES string of the molecule is CCCCCCCCCCCCCCCCCC(=O)OC[C@H](COP(=O)(O)OCCNC(=O)CCC(=O)OC[C@H]1O[C@@H](n2ccc(NC(=O)OC(C)(C)C)nc2=O)C(F)(F)C1OC(=O)OC(C)(C)C)OC(=O)CCCCCCCCCCCCCCCCC. The summed E-state index contributed by atoms with van der Waals surface area (Å²) in [5, 5.41) is 4.62. The van der Waals surface area contributed by atoms with Gasteiger partial charge in [0.1, 0.15) is 36.3 Å². The van der Waals surface area contributed by atoms with E-state index in [9.17, 15) is 43.0 Å². The Morgan fingerprint density at radius 2 is 1.10 bits per heavy atom. The van der Waals surface area contributed by atoms with E-state index in [-0.39, 0.29) is 25.2 Å². The molecule has 1 fully saturated rings. The van der Waals surface area contributed by atoms with E-state index in [4.69, 9.17) is 42.2 Å². The van der Waals surface area contributed by atoms with Crippen molar-refractivity contribution < 1.29 is 89.2 Å². The van der Waals surface area contributed by atoms with Crippen LogP contribution in [0.1, 0.15) is 280 Å². The molecule has 5 atom stereocenters. The molecule has 0 aliphatic carbocycles. The molecule has 1 aromatic rings. The monoisotopic (exact) mass is 1290 g/mol. The van der Waals surface area contributed by atoms with Gasteiger partial charge in [-0.25, -0.2) is 18.9 Å². The number of esters is 3. The van der Waals surface area contributed by atoms with Crippen molar-refractivity contribution >= 4 is 49.7 Å². The summed E-state index contributed by atoms with van der Waals surface area (Å²) in [5.41, 5.74) is -3.37. The Labute approximate surface area is 528 Å². The fourth-order valence-corrected chi connectivity index (χ4v) is 10.5. The number of carbonyl (C=O) groups is 6. The molecule has 1 aliphatic heterocycles. The predicted molar refractivity (Wildman–Crippen MR) is 333 cm³/mol. The van der Waals surface area contributed by atoms with Gasteiger partial charge in [0.2, 0.25) is 18.2 Å². The molecule has 0 aromatic carbocycles. The van der Waals surface area contributed by atoms with Gasteiger partial charge in [0.25, 0.3) is 0 Å². The van der Waals surface area contributed by atoms with Crippen LogP contribution in [0.3, 0.4) is 0 Å². The summed E-state index contributed by atoms with van der Waals surface area (Å²) in [6, 6.07) is 1.03. The number of hydrogen-bond donors (Lipinski definition) is 3. The molecule has 2 rings (SSSR count). The molecule has 1 aromatic heterocycles. The van der Waals surface area contributed by atoms with E-state index >= 15 is 8.78 Å². The van der Waals surface area contributed by atoms with Crippen molar-refractivity contribution in [3.63, 3.8) is 0 Å². The first-order chi connectivity index (χ1) is 42.2. The van der Waals surface area contributed by atoms with Crippen LogP contribution in [0, 0.1) is 0 Å². The highest BCUT2D eigenvalue weighted by molar-refractivity contribution is 7.47. The van der Waals surface area contributed by atoms with Gasteiger partial charge >= 0.3 is 49.6 Å². The summed E-state index contributed by atoms with van der Waals surface area (Å²) < 4.78 is 92.5. The number of phosphoric ester groups is 1. The summed E-state index contributed by atoms with van der Waals surface area (Å²) in [5.74, 6) is -7.36. The van der Waals surface area contributed by atoms with E-state index in [2.05, 4.69) is 29.5 Å². The number of phosphoric acid groups is 1. The lowest BCUT2D eigenvalue weighted by atomic mass is 10.0. The van der Waals surface area contributed by atoms with Gasteiger partial charge in [-0.05, 0) is 60.5 Å². The van der Waals surface area contributed by atoms with Crippen LogP contribution in [0.25, 0.3) is 0 Å². The van der Waals surface area contributed by atoms with Gasteiger partial charge in [0.15, 0.2) is 6.10 Å². The average molecular weight is 1290 g/mol. The van der Waals surface area contributed by atoms with Crippen LogP contribution in [-0.2, 0) is 65.9 Å². The third kappa shape index (κ3) is 40.0. The van der Waals surface area contributed by atoms with Gasteiger partial charge in [-0.15, -0.1) is 0 Å². The van der Waals surface area contributed by atoms with Crippen molar-refractivity contribution in [1.82, 2.24) is 14.9 Å². The number of rotatable bonds is 50. The number of nitrogens with zero attached hydrogens (tertiary/aromatic N) is 2. The maximum absolute atomic E-state index is 16.1. The Morgan fingerprint density at radius 3 is 1.57 bits per heavy atom. The van der Waals surface area contributed by atoms with Crippen molar-refractivity contribution in [3.8, 4) is 0 Å². The van der Waals surface area contributed by atoms with Crippen molar-refractivity contribution in [2.75, 3.05) is 38.3 Å². The molecular formula is C64H111F2N4O18P. The Balaban J connectivity index is 1.87. The highest BCUT2D eigenvalue weighted by atomic mass is 31.2. The lowest BCUT2D eigenvalue weighted by Crippen LogP contribution is -2.45. The summed E-state index contributed by atoms with van der Waals surface area (Å²) in [7, 11) is -4.83. The number of anilines is 1. The number of carbonyl (C=O) groups excluding carboxylic acids is 6. The second-order valence-electron chi connectivity index (χ2n) is 25.2. The zero-order chi connectivity index (χ0) is 66.0. The van der Waals surface area contributed by atoms with Crippen LogP contribution in [0.4, 0.5) is 24.2 Å². The minimum atomic E-state index is -4.83. The normalized spacial score (nSPS) is 16.6. The summed E-state index contributed by atoms with van der Waals surface area (Å²) >= 11 is 0. The third-order valence-electron chi connectivity index (χ3n) is 14.4. The van der Waals surface area contributed by atoms with E-state index < -0.39 is 131 Å². The van der Waals surface area contributed by atoms with E-state index in [0.717, 1.165) is 57.2 Å². The lowest BCUT2D eigenvalue weighted by Gasteiger charge is -2.26. The van der Waals surface area contributed by atoms with E-state index in [1.165, 1.54) is 156 Å². The smallest absolute Gasteiger partial charge is 0.463 e. The third-order valence-corrected chi connectivity index (χ3v) is 15.4. The van der Waals surface area contributed by atoms with Gasteiger partial charge in [-0.3, -0.25) is 38.1 Å². The minimum absolute atomic E-state index is 0.100. The van der Waals surface area contributed by atoms with Gasteiger partial charge in [-0.1, -0.05) is 194 Å². The van der Waals surface area contributed by atoms with Crippen LogP contribution >= 0.6 is 7.82 Å². The lowest BCUT2D eigenvalue weighted by molar-refractivity contribution is -0.161. The molecule has 1 aliphatic rings. The molecule has 89 heavy (non-hydrogen) atoms. The van der Waals surface area contributed by atoms with Crippen LogP contribution in [0.5, 0.6) is 0 Å². The summed E-state index contributed by atoms with van der Waals surface area (Å²) in [6.07, 6.45) is 24.8. The fraction of sp³-hybridized carbons (Fsp3) is 0.844. The summed E-state index contributed by atoms with van der Waals surface area (Å²) in [6.45, 7) is 10.8. The number of nitrogens with one attached hydrogen (secondary N) is 2. The van der Waals surface area contributed by atoms with Crippen LogP contribution in [0.15, 0.2) is 17.1 Å². The fourth-order valence-electron chi connectivity index (χ4n) is 9.71. The molecular weight excluding hydrogens is 1180 g/mol. The largest absolute Gasteiger partial charge is 0.509 e. The number of hydrogen-bond acceptors (Lipinski definition) is 18. The van der Waals surface area contributed by atoms with Crippen molar-refractivity contribution in [2.24, 2.45) is 0 Å². The molecule has 22 nitrogen and oxygen atoms in total. The maximum Gasteiger partial charge on any atom is 0.509 e. The van der Waals surface area contributed by atoms with Crippen molar-refractivity contribution in [1.29, 1.82) is 0 Å². The number of alkyl halides is 2.